The summed E-state index contributed by atoms with van der Waals surface area (Å²) in [6, 6.07) is 3.76. The highest BCUT2D eigenvalue weighted by molar-refractivity contribution is 5.10. The first-order chi connectivity index (χ1) is 7.70. The van der Waals surface area contributed by atoms with Gasteiger partial charge < -0.3 is 14.1 Å². The molecule has 0 saturated carbocycles. The molecule has 2 aromatic heterocycles. The Hall–Kier alpha value is -1.62. The Bertz CT molecular complexity index is 459. The minimum Gasteiger partial charge on any atom is -0.423 e. The fourth-order valence-electron chi connectivity index (χ4n) is 1.59. The highest BCUT2D eigenvalue weighted by Gasteiger charge is 2.10. The van der Waals surface area contributed by atoms with Gasteiger partial charge in [-0.1, -0.05) is 6.92 Å². The molecule has 2 rings (SSSR count). The molecule has 5 heteroatoms. The van der Waals surface area contributed by atoms with Crippen LogP contribution in [0.4, 0.5) is 0 Å². The molecular formula is C11H15N3O2. The van der Waals surface area contributed by atoms with E-state index >= 15 is 0 Å². The van der Waals surface area contributed by atoms with E-state index in [2.05, 4.69) is 10.2 Å². The quantitative estimate of drug-likeness (QED) is 0.850. The van der Waals surface area contributed by atoms with Crippen molar-refractivity contribution in [1.82, 2.24) is 14.8 Å². The number of aryl methyl sites for hydroxylation is 1. The highest BCUT2D eigenvalue weighted by atomic mass is 16.4. The van der Waals surface area contributed by atoms with Crippen molar-refractivity contribution < 1.29 is 9.52 Å². The van der Waals surface area contributed by atoms with Crippen molar-refractivity contribution in [1.29, 1.82) is 0 Å². The summed E-state index contributed by atoms with van der Waals surface area (Å²) in [6.07, 6.45) is 2.13. The predicted octanol–water partition coefficient (Wildman–Crippen LogP) is 1.54. The van der Waals surface area contributed by atoms with Gasteiger partial charge in [0.1, 0.15) is 6.54 Å². The van der Waals surface area contributed by atoms with Gasteiger partial charge in [-0.05, 0) is 19.1 Å². The molecule has 16 heavy (non-hydrogen) atoms. The maximum absolute atomic E-state index is 9.54. The zero-order valence-electron chi connectivity index (χ0n) is 9.42. The maximum Gasteiger partial charge on any atom is 0.236 e. The van der Waals surface area contributed by atoms with Crippen LogP contribution in [0.15, 0.2) is 22.7 Å². The Balaban J connectivity index is 2.17. The summed E-state index contributed by atoms with van der Waals surface area (Å²) in [5.41, 5.74) is 0.844. The topological polar surface area (TPSA) is 64.1 Å². The normalized spacial score (nSPS) is 12.9. The van der Waals surface area contributed by atoms with Crippen LogP contribution in [0, 0.1) is 0 Å². The van der Waals surface area contributed by atoms with E-state index in [-0.39, 0.29) is 0 Å². The molecule has 0 fully saturated rings. The number of aliphatic hydroxyl groups is 1. The van der Waals surface area contributed by atoms with E-state index < -0.39 is 6.10 Å². The summed E-state index contributed by atoms with van der Waals surface area (Å²) in [5, 5.41) is 17.4. The van der Waals surface area contributed by atoms with Crippen LogP contribution >= 0.6 is 0 Å². The standard InChI is InChI=1S/C11H15N3O2/c1-3-10-12-13-11(16-10)7-14-6-4-5-9(14)8(2)15/h4-6,8,15H,3,7H2,1-2H3. The lowest BCUT2D eigenvalue weighted by molar-refractivity contribution is 0.189. The van der Waals surface area contributed by atoms with Gasteiger partial charge in [0.15, 0.2) is 0 Å². The molecule has 0 bridgehead atoms. The van der Waals surface area contributed by atoms with Crippen LogP contribution in [0.3, 0.4) is 0 Å². The van der Waals surface area contributed by atoms with Crippen LogP contribution in [0.2, 0.25) is 0 Å². The first-order valence-electron chi connectivity index (χ1n) is 5.35. The number of aliphatic hydroxyl groups excluding tert-OH is 1. The van der Waals surface area contributed by atoms with Gasteiger partial charge in [-0.25, -0.2) is 0 Å². The minimum atomic E-state index is -0.497. The van der Waals surface area contributed by atoms with Crippen molar-refractivity contribution in [2.24, 2.45) is 0 Å². The van der Waals surface area contributed by atoms with E-state index in [0.717, 1.165) is 12.1 Å². The van der Waals surface area contributed by atoms with E-state index in [1.165, 1.54) is 0 Å². The molecule has 0 saturated heterocycles. The van der Waals surface area contributed by atoms with Crippen molar-refractivity contribution in [3.05, 3.63) is 35.8 Å². The zero-order valence-corrected chi connectivity index (χ0v) is 9.42. The van der Waals surface area contributed by atoms with Crippen LogP contribution in [0.25, 0.3) is 0 Å². The van der Waals surface area contributed by atoms with E-state index in [0.29, 0.717) is 18.3 Å². The largest absolute Gasteiger partial charge is 0.423 e. The van der Waals surface area contributed by atoms with Crippen LogP contribution in [-0.4, -0.2) is 19.9 Å². The molecule has 0 aliphatic carbocycles. The number of rotatable bonds is 4. The van der Waals surface area contributed by atoms with E-state index in [1.54, 1.807) is 6.92 Å². The molecule has 2 aromatic rings. The molecule has 0 amide bonds. The van der Waals surface area contributed by atoms with Gasteiger partial charge in [-0.15, -0.1) is 10.2 Å². The van der Waals surface area contributed by atoms with E-state index in [9.17, 15) is 5.11 Å². The average molecular weight is 221 g/mol. The Kier molecular flexibility index (Phi) is 3.05. The molecule has 2 heterocycles. The third-order valence-corrected chi connectivity index (χ3v) is 2.41. The molecule has 5 nitrogen and oxygen atoms in total. The molecule has 0 spiro atoms. The molecule has 0 radical (unpaired) electrons. The third-order valence-electron chi connectivity index (χ3n) is 2.41. The second-order valence-electron chi connectivity index (χ2n) is 3.68. The fraction of sp³-hybridized carbons (Fsp3) is 0.455. The van der Waals surface area contributed by atoms with Crippen LogP contribution < -0.4 is 0 Å². The van der Waals surface area contributed by atoms with Crippen molar-refractivity contribution in [2.45, 2.75) is 32.9 Å². The first-order valence-corrected chi connectivity index (χ1v) is 5.35. The fourth-order valence-corrected chi connectivity index (χ4v) is 1.59. The molecule has 0 aliphatic heterocycles. The summed E-state index contributed by atoms with van der Waals surface area (Å²) < 4.78 is 7.32. The Morgan fingerprint density at radius 2 is 2.19 bits per heavy atom. The molecule has 86 valence electrons. The lowest BCUT2D eigenvalue weighted by Crippen LogP contribution is -2.05. The van der Waals surface area contributed by atoms with E-state index in [4.69, 9.17) is 4.42 Å². The lowest BCUT2D eigenvalue weighted by Gasteiger charge is -2.08. The second-order valence-corrected chi connectivity index (χ2v) is 3.68. The Labute approximate surface area is 93.7 Å². The predicted molar refractivity (Wildman–Crippen MR) is 57.8 cm³/mol. The second kappa shape index (κ2) is 4.49. The summed E-state index contributed by atoms with van der Waals surface area (Å²) >= 11 is 0. The monoisotopic (exact) mass is 221 g/mol. The zero-order chi connectivity index (χ0) is 11.5. The van der Waals surface area contributed by atoms with Gasteiger partial charge in [-0.2, -0.15) is 0 Å². The summed E-state index contributed by atoms with van der Waals surface area (Å²) in [4.78, 5) is 0. The Morgan fingerprint density at radius 3 is 2.81 bits per heavy atom. The molecule has 1 atom stereocenters. The Morgan fingerprint density at radius 1 is 1.44 bits per heavy atom. The van der Waals surface area contributed by atoms with Gasteiger partial charge in [0.25, 0.3) is 0 Å². The molecular weight excluding hydrogens is 206 g/mol. The van der Waals surface area contributed by atoms with Crippen molar-refractivity contribution >= 4 is 0 Å². The smallest absolute Gasteiger partial charge is 0.236 e. The lowest BCUT2D eigenvalue weighted by atomic mass is 10.3. The maximum atomic E-state index is 9.54. The average Bonchev–Trinajstić information content (AvgIpc) is 2.87. The van der Waals surface area contributed by atoms with Crippen molar-refractivity contribution in [2.75, 3.05) is 0 Å². The summed E-state index contributed by atoms with van der Waals surface area (Å²) in [6.45, 7) is 4.20. The summed E-state index contributed by atoms with van der Waals surface area (Å²) in [7, 11) is 0. The van der Waals surface area contributed by atoms with Crippen LogP contribution in [0.5, 0.6) is 0 Å². The number of nitrogens with zero attached hydrogens (tertiary/aromatic N) is 3. The molecule has 0 aliphatic rings. The van der Waals surface area contributed by atoms with Gasteiger partial charge in [-0.3, -0.25) is 0 Å². The van der Waals surface area contributed by atoms with Crippen molar-refractivity contribution in [3.8, 4) is 0 Å². The van der Waals surface area contributed by atoms with Crippen LogP contribution in [0.1, 0.15) is 37.4 Å². The SMILES string of the molecule is CCc1nnc(Cn2cccc2C(C)O)o1. The van der Waals surface area contributed by atoms with Gasteiger partial charge in [0, 0.05) is 18.3 Å². The number of hydrogen-bond donors (Lipinski definition) is 1. The van der Waals surface area contributed by atoms with Crippen molar-refractivity contribution in [3.63, 3.8) is 0 Å². The molecule has 1 N–H and O–H groups in total. The first kappa shape index (κ1) is 10.9. The molecule has 0 aromatic carbocycles. The minimum absolute atomic E-state index is 0.497. The number of hydrogen-bond acceptors (Lipinski definition) is 4. The number of aromatic nitrogens is 3. The summed E-state index contributed by atoms with van der Waals surface area (Å²) in [5.74, 6) is 1.20. The van der Waals surface area contributed by atoms with E-state index in [1.807, 2.05) is 29.8 Å². The van der Waals surface area contributed by atoms with Gasteiger partial charge in [0.05, 0.1) is 6.10 Å². The van der Waals surface area contributed by atoms with Crippen LogP contribution in [-0.2, 0) is 13.0 Å². The third kappa shape index (κ3) is 2.14. The van der Waals surface area contributed by atoms with Gasteiger partial charge >= 0.3 is 0 Å². The highest BCUT2D eigenvalue weighted by Crippen LogP contribution is 2.14. The molecule has 1 unspecified atom stereocenters. The van der Waals surface area contributed by atoms with Gasteiger partial charge in [0.2, 0.25) is 11.8 Å².